The number of ether oxygens (including phenoxy) is 1. The molecule has 1 atom stereocenters. The van der Waals surface area contributed by atoms with Crippen molar-refractivity contribution in [1.82, 2.24) is 14.9 Å². The van der Waals surface area contributed by atoms with Crippen molar-refractivity contribution in [1.29, 1.82) is 0 Å². The number of likely N-dealkylation sites (N-methyl/N-ethyl adjacent to an activating group) is 1. The summed E-state index contributed by atoms with van der Waals surface area (Å²) in [4.78, 5) is 32.7. The third-order valence-corrected chi connectivity index (χ3v) is 6.16. The van der Waals surface area contributed by atoms with Crippen molar-refractivity contribution in [3.8, 4) is 0 Å². The minimum Gasteiger partial charge on any atom is -0.373 e. The second kappa shape index (κ2) is 6.50. The lowest BCUT2D eigenvalue weighted by Gasteiger charge is -2.33. The molecule has 1 amide bonds. The van der Waals surface area contributed by atoms with Crippen LogP contribution in [0.1, 0.15) is 27.8 Å². The molecule has 1 aromatic carbocycles. The number of aromatic amines is 2. The van der Waals surface area contributed by atoms with Gasteiger partial charge in [-0.3, -0.25) is 9.59 Å². The molecule has 2 N–H and O–H groups in total. The Bertz CT molecular complexity index is 1310. The van der Waals surface area contributed by atoms with Crippen molar-refractivity contribution in [3.05, 3.63) is 68.6 Å². The smallest absolute Gasteiger partial charge is 0.270 e. The molecule has 148 valence electrons. The number of aromatic nitrogens is 2. The van der Waals surface area contributed by atoms with Crippen LogP contribution in [0.3, 0.4) is 0 Å². The zero-order valence-corrected chi connectivity index (χ0v) is 16.0. The Hall–Kier alpha value is -3.04. The lowest BCUT2D eigenvalue weighted by atomic mass is 9.95. The highest BCUT2D eigenvalue weighted by Gasteiger charge is 2.32. The van der Waals surface area contributed by atoms with Crippen molar-refractivity contribution >= 4 is 38.2 Å². The maximum Gasteiger partial charge on any atom is 0.270 e. The number of fused-ring (bicyclic) bond motifs is 4. The molecular formula is C20H15F2N3O3S. The number of carbonyl (C=O) groups excluding carboxylic acids is 1. The molecule has 4 heterocycles. The third kappa shape index (κ3) is 2.77. The summed E-state index contributed by atoms with van der Waals surface area (Å²) < 4.78 is 34.2. The quantitative estimate of drug-likeness (QED) is 0.524. The van der Waals surface area contributed by atoms with E-state index >= 15 is 0 Å². The lowest BCUT2D eigenvalue weighted by molar-refractivity contribution is 0.0333. The fourth-order valence-electron chi connectivity index (χ4n) is 3.84. The molecule has 1 aliphatic heterocycles. The van der Waals surface area contributed by atoms with Crippen molar-refractivity contribution < 1.29 is 18.3 Å². The van der Waals surface area contributed by atoms with Gasteiger partial charge in [0.15, 0.2) is 11.6 Å². The van der Waals surface area contributed by atoms with Crippen LogP contribution >= 0.6 is 11.3 Å². The SMILES string of the molecule is CN(C(=O)c1cc2sccc2[nH]1)C1COCc2[nH]c(=O)c3cc(F)c(F)cc3c21. The van der Waals surface area contributed by atoms with Crippen LogP contribution in [0.2, 0.25) is 0 Å². The van der Waals surface area contributed by atoms with Gasteiger partial charge in [0.25, 0.3) is 11.5 Å². The number of carbonyl (C=O) groups is 1. The minimum atomic E-state index is -1.09. The molecule has 5 rings (SSSR count). The highest BCUT2D eigenvalue weighted by Crippen LogP contribution is 2.34. The van der Waals surface area contributed by atoms with Gasteiger partial charge in [0.05, 0.1) is 34.9 Å². The first-order valence-corrected chi connectivity index (χ1v) is 9.77. The summed E-state index contributed by atoms with van der Waals surface area (Å²) in [5, 5.41) is 2.25. The molecule has 6 nitrogen and oxygen atoms in total. The topological polar surface area (TPSA) is 78.2 Å². The van der Waals surface area contributed by atoms with E-state index in [1.807, 2.05) is 11.4 Å². The third-order valence-electron chi connectivity index (χ3n) is 5.30. The Morgan fingerprint density at radius 2 is 1.97 bits per heavy atom. The number of hydrogen-bond acceptors (Lipinski definition) is 4. The van der Waals surface area contributed by atoms with Gasteiger partial charge < -0.3 is 19.6 Å². The van der Waals surface area contributed by atoms with Gasteiger partial charge in [-0.2, -0.15) is 0 Å². The maximum absolute atomic E-state index is 14.0. The Morgan fingerprint density at radius 3 is 2.72 bits per heavy atom. The summed E-state index contributed by atoms with van der Waals surface area (Å²) >= 11 is 1.52. The minimum absolute atomic E-state index is 0.0378. The van der Waals surface area contributed by atoms with Gasteiger partial charge in [-0.1, -0.05) is 0 Å². The van der Waals surface area contributed by atoms with Crippen molar-refractivity contribution in [2.75, 3.05) is 13.7 Å². The summed E-state index contributed by atoms with van der Waals surface area (Å²) in [5.74, 6) is -2.41. The summed E-state index contributed by atoms with van der Waals surface area (Å²) in [6.07, 6.45) is 0. The van der Waals surface area contributed by atoms with Crippen molar-refractivity contribution in [3.63, 3.8) is 0 Å². The first kappa shape index (κ1) is 18.0. The summed E-state index contributed by atoms with van der Waals surface area (Å²) in [6, 6.07) is 5.00. The van der Waals surface area contributed by atoms with Gasteiger partial charge in [0.2, 0.25) is 0 Å². The van der Waals surface area contributed by atoms with Crippen LogP contribution in [0.5, 0.6) is 0 Å². The van der Waals surface area contributed by atoms with Crippen LogP contribution in [0.4, 0.5) is 8.78 Å². The highest BCUT2D eigenvalue weighted by atomic mass is 32.1. The van der Waals surface area contributed by atoms with Crippen molar-refractivity contribution in [2.45, 2.75) is 12.6 Å². The zero-order valence-electron chi connectivity index (χ0n) is 15.2. The second-order valence-electron chi connectivity index (χ2n) is 6.99. The number of amides is 1. The Morgan fingerprint density at radius 1 is 1.21 bits per heavy atom. The normalized spacial score (nSPS) is 16.3. The molecule has 3 aromatic heterocycles. The molecule has 0 saturated carbocycles. The molecule has 0 radical (unpaired) electrons. The van der Waals surface area contributed by atoms with E-state index in [-0.39, 0.29) is 29.9 Å². The largest absolute Gasteiger partial charge is 0.373 e. The highest BCUT2D eigenvalue weighted by molar-refractivity contribution is 7.17. The van der Waals surface area contributed by atoms with E-state index in [1.54, 1.807) is 13.1 Å². The number of H-pyrrole nitrogens is 2. The molecule has 1 aliphatic rings. The molecule has 9 heteroatoms. The van der Waals surface area contributed by atoms with E-state index in [9.17, 15) is 18.4 Å². The van der Waals surface area contributed by atoms with E-state index in [2.05, 4.69) is 9.97 Å². The van der Waals surface area contributed by atoms with E-state index in [0.29, 0.717) is 17.0 Å². The standard InChI is InChI=1S/C20H15F2N3O3S/c1-25(20(27)14-6-17-13(23-14)2-3-29-17)16-8-28-7-15-18(16)9-4-11(21)12(22)5-10(9)19(26)24-15/h2-6,16,23H,7-8H2,1H3,(H,24,26). The first-order valence-electron chi connectivity index (χ1n) is 8.89. The van der Waals surface area contributed by atoms with Gasteiger partial charge in [-0.15, -0.1) is 11.3 Å². The number of nitrogens with one attached hydrogen (secondary N) is 2. The molecule has 29 heavy (non-hydrogen) atoms. The lowest BCUT2D eigenvalue weighted by Crippen LogP contribution is -2.37. The number of hydrogen-bond donors (Lipinski definition) is 2. The molecule has 0 bridgehead atoms. The number of halogens is 2. The average Bonchev–Trinajstić information content (AvgIpc) is 3.30. The van der Waals surface area contributed by atoms with Crippen LogP contribution in [0.25, 0.3) is 21.0 Å². The second-order valence-corrected chi connectivity index (χ2v) is 7.93. The fraction of sp³-hybridized carbons (Fsp3) is 0.200. The predicted octanol–water partition coefficient (Wildman–Crippen LogP) is 3.69. The van der Waals surface area contributed by atoms with Gasteiger partial charge in [0, 0.05) is 18.3 Å². The molecule has 1 unspecified atom stereocenters. The predicted molar refractivity (Wildman–Crippen MR) is 105 cm³/mol. The summed E-state index contributed by atoms with van der Waals surface area (Å²) in [6.45, 7) is 0.292. The Labute approximate surface area is 166 Å². The molecular weight excluding hydrogens is 400 g/mol. The van der Waals surface area contributed by atoms with Crippen molar-refractivity contribution in [2.24, 2.45) is 0 Å². The monoisotopic (exact) mass is 415 g/mol. The molecule has 0 spiro atoms. The maximum atomic E-state index is 14.0. The number of rotatable bonds is 2. The molecule has 0 fully saturated rings. The van der Waals surface area contributed by atoms with Crippen LogP contribution < -0.4 is 5.56 Å². The Kier molecular flexibility index (Phi) is 4.04. The van der Waals surface area contributed by atoms with Gasteiger partial charge >= 0.3 is 0 Å². The first-order chi connectivity index (χ1) is 13.9. The number of thiophene rings is 1. The molecule has 0 aliphatic carbocycles. The van der Waals surface area contributed by atoms with E-state index in [4.69, 9.17) is 4.74 Å². The molecule has 4 aromatic rings. The zero-order chi connectivity index (χ0) is 20.3. The van der Waals surface area contributed by atoms with Gasteiger partial charge in [-0.05, 0) is 35.0 Å². The van der Waals surface area contributed by atoms with Gasteiger partial charge in [0.1, 0.15) is 5.69 Å². The number of pyridine rings is 1. The summed E-state index contributed by atoms with van der Waals surface area (Å²) in [7, 11) is 1.62. The number of benzene rings is 1. The number of nitrogens with zero attached hydrogens (tertiary/aromatic N) is 1. The van der Waals surface area contributed by atoms with E-state index in [0.717, 1.165) is 22.3 Å². The Balaban J connectivity index is 1.63. The average molecular weight is 415 g/mol. The van der Waals surface area contributed by atoms with Crippen LogP contribution in [0, 0.1) is 11.6 Å². The van der Waals surface area contributed by atoms with Gasteiger partial charge in [-0.25, -0.2) is 8.78 Å². The van der Waals surface area contributed by atoms with E-state index < -0.39 is 23.2 Å². The van der Waals surface area contributed by atoms with Crippen LogP contribution in [0.15, 0.2) is 34.4 Å². The van der Waals surface area contributed by atoms with Crippen LogP contribution in [-0.4, -0.2) is 34.4 Å². The summed E-state index contributed by atoms with van der Waals surface area (Å²) in [5.41, 5.74) is 1.79. The fourth-order valence-corrected chi connectivity index (χ4v) is 4.63. The van der Waals surface area contributed by atoms with Crippen LogP contribution in [-0.2, 0) is 11.3 Å². The van der Waals surface area contributed by atoms with E-state index in [1.165, 1.54) is 16.2 Å². The molecule has 0 saturated heterocycles.